The van der Waals surface area contributed by atoms with Crippen molar-refractivity contribution in [1.82, 2.24) is 9.88 Å². The van der Waals surface area contributed by atoms with Crippen LogP contribution in [0.5, 0.6) is 0 Å². The zero-order chi connectivity index (χ0) is 19.8. The fourth-order valence-electron chi connectivity index (χ4n) is 4.12. The number of fused-ring (bicyclic) bond motifs is 1. The number of amides is 1. The molecule has 28 heavy (non-hydrogen) atoms. The summed E-state index contributed by atoms with van der Waals surface area (Å²) >= 11 is 1.68. The molecule has 0 saturated carbocycles. The van der Waals surface area contributed by atoms with E-state index in [-0.39, 0.29) is 11.3 Å². The van der Waals surface area contributed by atoms with Crippen molar-refractivity contribution in [2.75, 3.05) is 19.6 Å². The molecule has 2 N–H and O–H groups in total. The number of hydrogen-bond acceptors (Lipinski definition) is 4. The highest BCUT2D eigenvalue weighted by Crippen LogP contribution is 2.37. The van der Waals surface area contributed by atoms with Crippen LogP contribution in [0, 0.1) is 5.41 Å². The summed E-state index contributed by atoms with van der Waals surface area (Å²) < 4.78 is 1.16. The van der Waals surface area contributed by atoms with Gasteiger partial charge in [-0.3, -0.25) is 4.79 Å². The number of likely N-dealkylation sites (tertiary alicyclic amines) is 1. The molecule has 146 valence electrons. The lowest BCUT2D eigenvalue weighted by Gasteiger charge is -2.33. The van der Waals surface area contributed by atoms with E-state index in [0.717, 1.165) is 40.3 Å². The summed E-state index contributed by atoms with van der Waals surface area (Å²) in [5.41, 5.74) is 7.39. The van der Waals surface area contributed by atoms with Gasteiger partial charge in [0.15, 0.2) is 0 Å². The second kappa shape index (κ2) is 7.30. The predicted octanol–water partition coefficient (Wildman–Crippen LogP) is 3.99. The second-order valence-corrected chi connectivity index (χ2v) is 9.56. The maximum Gasteiger partial charge on any atom is 0.233 e. The van der Waals surface area contributed by atoms with Gasteiger partial charge in [-0.15, -0.1) is 11.3 Å². The number of rotatable bonds is 5. The van der Waals surface area contributed by atoms with E-state index < -0.39 is 5.41 Å². The van der Waals surface area contributed by atoms with Gasteiger partial charge in [0.05, 0.1) is 20.6 Å². The Kier molecular flexibility index (Phi) is 4.98. The Balaban J connectivity index is 1.69. The summed E-state index contributed by atoms with van der Waals surface area (Å²) in [6, 6.07) is 18.3. The van der Waals surface area contributed by atoms with Crippen molar-refractivity contribution >= 4 is 27.5 Å². The van der Waals surface area contributed by atoms with Gasteiger partial charge in [0.1, 0.15) is 0 Å². The van der Waals surface area contributed by atoms with Crippen LogP contribution in [0.1, 0.15) is 30.8 Å². The third-order valence-corrected chi connectivity index (χ3v) is 7.10. The Labute approximate surface area is 170 Å². The molecular weight excluding hydrogens is 366 g/mol. The third-order valence-electron chi connectivity index (χ3n) is 6.06. The smallest absolute Gasteiger partial charge is 0.233 e. The number of carbonyl (C=O) groups excluding carboxylic acids is 1. The Bertz CT molecular complexity index is 953. The largest absolute Gasteiger partial charge is 0.341 e. The maximum atomic E-state index is 13.8. The molecule has 3 aromatic rings. The lowest BCUT2D eigenvalue weighted by Crippen LogP contribution is -2.46. The minimum atomic E-state index is -0.644. The van der Waals surface area contributed by atoms with Crippen LogP contribution in [0.3, 0.4) is 0 Å². The highest BCUT2D eigenvalue weighted by Gasteiger charge is 2.44. The Hall–Kier alpha value is -2.24. The van der Waals surface area contributed by atoms with Gasteiger partial charge in [-0.25, -0.2) is 4.98 Å². The molecule has 1 saturated heterocycles. The molecule has 4 rings (SSSR count). The van der Waals surface area contributed by atoms with Gasteiger partial charge in [0.25, 0.3) is 0 Å². The Morgan fingerprint density at radius 2 is 1.93 bits per heavy atom. The van der Waals surface area contributed by atoms with Crippen molar-refractivity contribution in [2.24, 2.45) is 11.1 Å². The third kappa shape index (κ3) is 3.45. The number of para-hydroxylation sites is 1. The van der Waals surface area contributed by atoms with E-state index >= 15 is 0 Å². The van der Waals surface area contributed by atoms with Crippen molar-refractivity contribution in [2.45, 2.75) is 32.1 Å². The molecule has 0 spiro atoms. The number of carbonyl (C=O) groups is 1. The molecule has 2 aromatic carbocycles. The zero-order valence-corrected chi connectivity index (χ0v) is 17.3. The SMILES string of the molecule is CC1(CN)CCN(C(=O)C(C)(Cc2nc3ccccc3s2)c2ccccc2)C1. The number of benzene rings is 2. The highest BCUT2D eigenvalue weighted by molar-refractivity contribution is 7.18. The lowest BCUT2D eigenvalue weighted by atomic mass is 9.78. The van der Waals surface area contributed by atoms with Crippen LogP contribution < -0.4 is 5.73 Å². The van der Waals surface area contributed by atoms with Crippen LogP contribution >= 0.6 is 11.3 Å². The van der Waals surface area contributed by atoms with Crippen LogP contribution in [-0.4, -0.2) is 35.4 Å². The summed E-state index contributed by atoms with van der Waals surface area (Å²) in [4.78, 5) is 20.6. The van der Waals surface area contributed by atoms with E-state index in [1.54, 1.807) is 11.3 Å². The number of nitrogens with two attached hydrogens (primary N) is 1. The predicted molar refractivity (Wildman–Crippen MR) is 115 cm³/mol. The van der Waals surface area contributed by atoms with E-state index in [1.165, 1.54) is 0 Å². The van der Waals surface area contributed by atoms with Crippen LogP contribution in [0.15, 0.2) is 54.6 Å². The van der Waals surface area contributed by atoms with Crippen LogP contribution in [0.2, 0.25) is 0 Å². The van der Waals surface area contributed by atoms with Crippen molar-refractivity contribution in [3.05, 3.63) is 65.2 Å². The van der Waals surface area contributed by atoms with E-state index in [9.17, 15) is 4.79 Å². The topological polar surface area (TPSA) is 59.2 Å². The van der Waals surface area contributed by atoms with Gasteiger partial charge >= 0.3 is 0 Å². The highest BCUT2D eigenvalue weighted by atomic mass is 32.1. The quantitative estimate of drug-likeness (QED) is 0.713. The first kappa shape index (κ1) is 19.1. The molecule has 0 aliphatic carbocycles. The number of hydrogen-bond donors (Lipinski definition) is 1. The van der Waals surface area contributed by atoms with Crippen molar-refractivity contribution in [1.29, 1.82) is 0 Å². The summed E-state index contributed by atoms with van der Waals surface area (Å²) in [5.74, 6) is 0.176. The van der Waals surface area contributed by atoms with E-state index in [2.05, 4.69) is 32.0 Å². The average Bonchev–Trinajstić information content (AvgIpc) is 3.31. The standard InChI is InChI=1S/C23H27N3OS/c1-22(15-24)12-13-26(16-22)21(27)23(2,17-8-4-3-5-9-17)14-20-25-18-10-6-7-11-19(18)28-20/h3-11H,12-16,24H2,1-2H3. The van der Waals surface area contributed by atoms with Crippen LogP contribution in [0.4, 0.5) is 0 Å². The molecule has 1 aliphatic rings. The molecule has 0 radical (unpaired) electrons. The zero-order valence-electron chi connectivity index (χ0n) is 16.5. The molecule has 1 amide bonds. The first-order valence-corrected chi connectivity index (χ1v) is 10.6. The minimum Gasteiger partial charge on any atom is -0.341 e. The van der Waals surface area contributed by atoms with Crippen molar-refractivity contribution in [3.8, 4) is 0 Å². The summed E-state index contributed by atoms with van der Waals surface area (Å²) in [5, 5.41) is 1.00. The van der Waals surface area contributed by atoms with E-state index in [1.807, 2.05) is 41.3 Å². The number of nitrogens with zero attached hydrogens (tertiary/aromatic N) is 2. The Morgan fingerprint density at radius 1 is 1.21 bits per heavy atom. The molecule has 2 unspecified atom stereocenters. The fraction of sp³-hybridized carbons (Fsp3) is 0.391. The average molecular weight is 394 g/mol. The molecule has 2 atom stereocenters. The molecule has 1 fully saturated rings. The summed E-state index contributed by atoms with van der Waals surface area (Å²) in [7, 11) is 0. The van der Waals surface area contributed by atoms with Gasteiger partial charge in [-0.2, -0.15) is 0 Å². The van der Waals surface area contributed by atoms with Crippen molar-refractivity contribution < 1.29 is 4.79 Å². The normalized spacial score (nSPS) is 21.8. The summed E-state index contributed by atoms with van der Waals surface area (Å²) in [6.07, 6.45) is 1.56. The maximum absolute atomic E-state index is 13.8. The molecule has 1 aromatic heterocycles. The van der Waals surface area contributed by atoms with Gasteiger partial charge in [0.2, 0.25) is 5.91 Å². The summed E-state index contributed by atoms with van der Waals surface area (Å²) in [6.45, 7) is 6.35. The number of aromatic nitrogens is 1. The molecule has 2 heterocycles. The second-order valence-electron chi connectivity index (χ2n) is 8.44. The van der Waals surface area contributed by atoms with Crippen LogP contribution in [-0.2, 0) is 16.6 Å². The van der Waals surface area contributed by atoms with Gasteiger partial charge in [-0.05, 0) is 43.0 Å². The molecule has 0 bridgehead atoms. The molecule has 5 heteroatoms. The molecule has 1 aliphatic heterocycles. The van der Waals surface area contributed by atoms with E-state index in [0.29, 0.717) is 13.0 Å². The first-order chi connectivity index (χ1) is 13.4. The fourth-order valence-corrected chi connectivity index (χ4v) is 5.24. The molecule has 4 nitrogen and oxygen atoms in total. The van der Waals surface area contributed by atoms with Crippen LogP contribution in [0.25, 0.3) is 10.2 Å². The Morgan fingerprint density at radius 3 is 2.61 bits per heavy atom. The van der Waals surface area contributed by atoms with E-state index in [4.69, 9.17) is 10.7 Å². The van der Waals surface area contributed by atoms with Crippen molar-refractivity contribution in [3.63, 3.8) is 0 Å². The van der Waals surface area contributed by atoms with Gasteiger partial charge in [0, 0.05) is 19.5 Å². The first-order valence-electron chi connectivity index (χ1n) is 9.83. The monoisotopic (exact) mass is 393 g/mol. The number of thiazole rings is 1. The lowest BCUT2D eigenvalue weighted by molar-refractivity contribution is -0.136. The van der Waals surface area contributed by atoms with Gasteiger partial charge < -0.3 is 10.6 Å². The molecular formula is C23H27N3OS. The van der Waals surface area contributed by atoms with Gasteiger partial charge in [-0.1, -0.05) is 49.4 Å². The minimum absolute atomic E-state index is 0.0170.